The molecule has 0 saturated carbocycles. The minimum atomic E-state index is 0.117. The Morgan fingerprint density at radius 2 is 0.875 bits per heavy atom. The van der Waals surface area contributed by atoms with Crippen molar-refractivity contribution in [1.29, 1.82) is 0 Å². The molecule has 0 spiro atoms. The van der Waals surface area contributed by atoms with E-state index >= 15 is 0 Å². The van der Waals surface area contributed by atoms with Gasteiger partial charge in [-0.05, 0) is 40.0 Å². The molecule has 94 valence electrons. The van der Waals surface area contributed by atoms with Crippen LogP contribution in [0.1, 0.15) is 27.7 Å². The molecular weight excluding hydrogens is 238 g/mol. The number of rotatable bonds is 3. The lowest BCUT2D eigenvalue weighted by atomic mass is 10.8. The van der Waals surface area contributed by atoms with E-state index in [1.807, 2.05) is 0 Å². The van der Waals surface area contributed by atoms with Crippen LogP contribution >= 0.6 is 15.8 Å². The molecule has 2 rings (SSSR count). The maximum Gasteiger partial charge on any atom is 0.0397 e. The lowest BCUT2D eigenvalue weighted by Crippen LogP contribution is -2.30. The molecule has 0 amide bonds. The summed E-state index contributed by atoms with van der Waals surface area (Å²) in [5.41, 5.74) is 13.5. The van der Waals surface area contributed by atoms with Gasteiger partial charge in [0.25, 0.3) is 0 Å². The van der Waals surface area contributed by atoms with E-state index in [2.05, 4.69) is 49.4 Å². The summed E-state index contributed by atoms with van der Waals surface area (Å²) in [5, 5.41) is 0. The van der Waals surface area contributed by atoms with Crippen molar-refractivity contribution in [2.75, 3.05) is 12.3 Å². The Kier molecular flexibility index (Phi) is 4.57. The molecule has 4 nitrogen and oxygen atoms in total. The van der Waals surface area contributed by atoms with Crippen LogP contribution in [0, 0.1) is 0 Å². The number of nitrogens with one attached hydrogen (secondary N) is 4. The molecule has 2 aliphatic heterocycles. The molecule has 2 saturated heterocycles. The minimum Gasteiger partial charge on any atom is -0.250 e. The van der Waals surface area contributed by atoms with E-state index in [1.54, 1.807) is 0 Å². The Labute approximate surface area is 101 Å². The van der Waals surface area contributed by atoms with Gasteiger partial charge < -0.3 is 0 Å². The first kappa shape index (κ1) is 13.1. The van der Waals surface area contributed by atoms with Crippen LogP contribution in [0.5, 0.6) is 0 Å². The predicted molar refractivity (Wildman–Crippen MR) is 74.0 cm³/mol. The highest BCUT2D eigenvalue weighted by atomic mass is 31.1. The molecule has 0 bridgehead atoms. The predicted octanol–water partition coefficient (Wildman–Crippen LogP) is 1.55. The van der Waals surface area contributed by atoms with E-state index in [0.717, 1.165) is 0 Å². The molecule has 4 unspecified atom stereocenters. The molecule has 0 aliphatic carbocycles. The highest BCUT2D eigenvalue weighted by Gasteiger charge is 2.33. The normalized spacial score (nSPS) is 48.8. The summed E-state index contributed by atoms with van der Waals surface area (Å²) in [4.78, 5) is 0. The first-order valence-corrected chi connectivity index (χ1v) is 9.46. The third-order valence-electron chi connectivity index (χ3n) is 3.61. The van der Waals surface area contributed by atoms with E-state index in [9.17, 15) is 0 Å². The van der Waals surface area contributed by atoms with Gasteiger partial charge in [0.15, 0.2) is 0 Å². The first-order chi connectivity index (χ1) is 7.59. The van der Waals surface area contributed by atoms with Crippen LogP contribution < -0.4 is 21.7 Å². The van der Waals surface area contributed by atoms with Gasteiger partial charge in [0.1, 0.15) is 0 Å². The van der Waals surface area contributed by atoms with Crippen molar-refractivity contribution in [1.82, 2.24) is 21.7 Å². The summed E-state index contributed by atoms with van der Waals surface area (Å²) in [5.74, 6) is 2.70. The maximum atomic E-state index is 3.37. The molecule has 0 radical (unpaired) electrons. The topological polar surface area (TPSA) is 48.1 Å². The number of hydrogen-bond donors (Lipinski definition) is 4. The Hall–Kier alpha value is 0.700. The second-order valence-electron chi connectivity index (χ2n) is 4.76. The van der Waals surface area contributed by atoms with E-state index in [-0.39, 0.29) is 15.8 Å². The van der Waals surface area contributed by atoms with Crippen LogP contribution in [0.15, 0.2) is 0 Å². The lowest BCUT2D eigenvalue weighted by molar-refractivity contribution is 0.567. The van der Waals surface area contributed by atoms with Crippen LogP contribution in [0.2, 0.25) is 0 Å². The van der Waals surface area contributed by atoms with Crippen molar-refractivity contribution in [2.24, 2.45) is 0 Å². The van der Waals surface area contributed by atoms with E-state index in [4.69, 9.17) is 0 Å². The summed E-state index contributed by atoms with van der Waals surface area (Å²) in [7, 11) is 0.233. The Morgan fingerprint density at radius 1 is 0.625 bits per heavy atom. The fourth-order valence-corrected chi connectivity index (χ4v) is 8.19. The minimum absolute atomic E-state index is 0.117. The van der Waals surface area contributed by atoms with E-state index in [0.29, 0.717) is 23.1 Å². The Balaban J connectivity index is 1.82. The zero-order chi connectivity index (χ0) is 11.7. The average Bonchev–Trinajstić information content (AvgIpc) is 2.72. The highest BCUT2D eigenvalue weighted by Crippen LogP contribution is 2.53. The van der Waals surface area contributed by atoms with Crippen molar-refractivity contribution in [2.45, 2.75) is 50.8 Å². The molecular formula is C10H24N4P2. The third-order valence-corrected chi connectivity index (χ3v) is 9.94. The monoisotopic (exact) mass is 262 g/mol. The highest BCUT2D eigenvalue weighted by molar-refractivity contribution is 7.63. The second kappa shape index (κ2) is 5.56. The molecule has 2 aliphatic rings. The average molecular weight is 262 g/mol. The molecule has 4 N–H and O–H groups in total. The van der Waals surface area contributed by atoms with Gasteiger partial charge in [-0.1, -0.05) is 15.8 Å². The van der Waals surface area contributed by atoms with Crippen LogP contribution in [0.4, 0.5) is 0 Å². The van der Waals surface area contributed by atoms with Gasteiger partial charge >= 0.3 is 0 Å². The molecule has 0 aromatic heterocycles. The summed E-state index contributed by atoms with van der Waals surface area (Å²) < 4.78 is 0. The molecule has 0 aromatic rings. The van der Waals surface area contributed by atoms with Gasteiger partial charge in [-0.25, -0.2) is 0 Å². The van der Waals surface area contributed by atoms with Crippen molar-refractivity contribution < 1.29 is 0 Å². The molecule has 6 heteroatoms. The van der Waals surface area contributed by atoms with Crippen LogP contribution in [-0.4, -0.2) is 35.5 Å². The molecule has 0 aromatic carbocycles. The summed E-state index contributed by atoms with van der Waals surface area (Å²) in [6, 6.07) is 0. The van der Waals surface area contributed by atoms with E-state index in [1.165, 1.54) is 12.3 Å². The van der Waals surface area contributed by atoms with Gasteiger partial charge in [0.2, 0.25) is 0 Å². The Bertz CT molecular complexity index is 197. The standard InChI is InChI=1S/C10H24N4P2/c1-7-11-12-8(2)15(7)5-6-16-9(3)13-14-10(16)4/h7-14H,5-6H2,1-4H3. The van der Waals surface area contributed by atoms with Crippen molar-refractivity contribution in [3.63, 3.8) is 0 Å². The van der Waals surface area contributed by atoms with Gasteiger partial charge in [-0.3, -0.25) is 21.7 Å². The smallest absolute Gasteiger partial charge is 0.0397 e. The van der Waals surface area contributed by atoms with Crippen LogP contribution in [-0.2, 0) is 0 Å². The zero-order valence-corrected chi connectivity index (χ0v) is 12.4. The van der Waals surface area contributed by atoms with Crippen molar-refractivity contribution in [3.05, 3.63) is 0 Å². The van der Waals surface area contributed by atoms with Crippen LogP contribution in [0.25, 0.3) is 0 Å². The Morgan fingerprint density at radius 3 is 1.12 bits per heavy atom. The van der Waals surface area contributed by atoms with Gasteiger partial charge in [0, 0.05) is 23.1 Å². The molecule has 2 fully saturated rings. The zero-order valence-electron chi connectivity index (χ0n) is 10.6. The number of hydrazine groups is 2. The second-order valence-corrected chi connectivity index (χ2v) is 10.8. The van der Waals surface area contributed by atoms with E-state index < -0.39 is 0 Å². The first-order valence-electron chi connectivity index (χ1n) is 6.13. The SMILES string of the molecule is CC1NNC(C)P1CCP1C(C)NNC1C. The van der Waals surface area contributed by atoms with Gasteiger partial charge in [-0.15, -0.1) is 0 Å². The maximum absolute atomic E-state index is 3.37. The molecule has 4 atom stereocenters. The van der Waals surface area contributed by atoms with Gasteiger partial charge in [-0.2, -0.15) is 0 Å². The van der Waals surface area contributed by atoms with Gasteiger partial charge in [0.05, 0.1) is 0 Å². The van der Waals surface area contributed by atoms with Crippen molar-refractivity contribution >= 4 is 15.8 Å². The quantitative estimate of drug-likeness (QED) is 0.583. The fourth-order valence-electron chi connectivity index (χ4n) is 2.49. The van der Waals surface area contributed by atoms with Crippen LogP contribution in [0.3, 0.4) is 0 Å². The number of hydrogen-bond acceptors (Lipinski definition) is 4. The summed E-state index contributed by atoms with van der Waals surface area (Å²) in [6.45, 7) is 9.25. The fraction of sp³-hybridized carbons (Fsp3) is 1.00. The summed E-state index contributed by atoms with van der Waals surface area (Å²) in [6.07, 6.45) is 2.81. The molecule has 16 heavy (non-hydrogen) atoms. The molecule has 2 heterocycles. The lowest BCUT2D eigenvalue weighted by Gasteiger charge is -2.24. The van der Waals surface area contributed by atoms with Crippen molar-refractivity contribution in [3.8, 4) is 0 Å². The largest absolute Gasteiger partial charge is 0.250 e. The third kappa shape index (κ3) is 2.75. The summed E-state index contributed by atoms with van der Waals surface area (Å²) >= 11 is 0.